The molecule has 1 aromatic carbocycles. The number of ether oxygens (including phenoxy) is 1. The highest BCUT2D eigenvalue weighted by Gasteiger charge is 2.26. The summed E-state index contributed by atoms with van der Waals surface area (Å²) in [6, 6.07) is 15.7. The van der Waals surface area contributed by atoms with Crippen molar-refractivity contribution in [1.82, 2.24) is 14.5 Å². The molecule has 3 heterocycles. The molecule has 0 spiro atoms. The smallest absolute Gasteiger partial charge is 0.272 e. The van der Waals surface area contributed by atoms with Gasteiger partial charge in [-0.1, -0.05) is 24.3 Å². The van der Waals surface area contributed by atoms with Gasteiger partial charge in [-0.3, -0.25) is 4.79 Å². The molecule has 3 aromatic rings. The van der Waals surface area contributed by atoms with Crippen LogP contribution < -0.4 is 0 Å². The standard InChI is InChI=1S/C20H21N3O2/c1-2-25-17-13-22-11-5-7-16(22)12-23(14-17)20(24)19-10-9-15-6-3-4-8-18(15)21-19/h3-11,17H,2,12-14H2,1H3/t17-/m0/s1. The van der Waals surface area contributed by atoms with Gasteiger partial charge in [0.15, 0.2) is 0 Å². The van der Waals surface area contributed by atoms with E-state index >= 15 is 0 Å². The largest absolute Gasteiger partial charge is 0.375 e. The van der Waals surface area contributed by atoms with Gasteiger partial charge < -0.3 is 14.2 Å². The Morgan fingerprint density at radius 1 is 1.16 bits per heavy atom. The lowest BCUT2D eigenvalue weighted by molar-refractivity contribution is 0.0256. The van der Waals surface area contributed by atoms with Gasteiger partial charge in [0, 0.05) is 30.4 Å². The van der Waals surface area contributed by atoms with E-state index in [9.17, 15) is 4.79 Å². The third-order valence-electron chi connectivity index (χ3n) is 4.61. The summed E-state index contributed by atoms with van der Waals surface area (Å²) in [6.45, 7) is 4.54. The van der Waals surface area contributed by atoms with Crippen LogP contribution in [0.25, 0.3) is 10.9 Å². The Morgan fingerprint density at radius 3 is 2.92 bits per heavy atom. The number of pyridine rings is 1. The van der Waals surface area contributed by atoms with E-state index in [-0.39, 0.29) is 12.0 Å². The van der Waals surface area contributed by atoms with Crippen LogP contribution in [0.4, 0.5) is 0 Å². The molecular weight excluding hydrogens is 314 g/mol. The number of carbonyl (C=O) groups excluding carboxylic acids is 1. The number of para-hydroxylation sites is 1. The van der Waals surface area contributed by atoms with Gasteiger partial charge in [0.05, 0.1) is 24.7 Å². The summed E-state index contributed by atoms with van der Waals surface area (Å²) in [6.07, 6.45) is 2.03. The maximum atomic E-state index is 13.1. The average Bonchev–Trinajstić information content (AvgIpc) is 2.99. The highest BCUT2D eigenvalue weighted by atomic mass is 16.5. The van der Waals surface area contributed by atoms with Gasteiger partial charge in [-0.05, 0) is 31.2 Å². The minimum Gasteiger partial charge on any atom is -0.375 e. The first kappa shape index (κ1) is 15.8. The molecule has 2 aromatic heterocycles. The van der Waals surface area contributed by atoms with Crippen molar-refractivity contribution in [3.63, 3.8) is 0 Å². The number of hydrogen-bond acceptors (Lipinski definition) is 3. The first-order valence-corrected chi connectivity index (χ1v) is 8.65. The Labute approximate surface area is 146 Å². The van der Waals surface area contributed by atoms with Crippen molar-refractivity contribution in [2.24, 2.45) is 0 Å². The number of amides is 1. The van der Waals surface area contributed by atoms with E-state index in [1.54, 1.807) is 0 Å². The molecule has 1 aliphatic rings. The molecule has 4 rings (SSSR count). The number of nitrogens with zero attached hydrogens (tertiary/aromatic N) is 3. The predicted octanol–water partition coefficient (Wildman–Crippen LogP) is 3.10. The summed E-state index contributed by atoms with van der Waals surface area (Å²) >= 11 is 0. The van der Waals surface area contributed by atoms with Crippen LogP contribution in [0.3, 0.4) is 0 Å². The lowest BCUT2D eigenvalue weighted by Gasteiger charge is -2.24. The second-order valence-electron chi connectivity index (χ2n) is 6.30. The number of carbonyl (C=O) groups is 1. The quantitative estimate of drug-likeness (QED) is 0.739. The predicted molar refractivity (Wildman–Crippen MR) is 96.3 cm³/mol. The second kappa shape index (κ2) is 6.69. The molecule has 0 saturated carbocycles. The van der Waals surface area contributed by atoms with Crippen LogP contribution in [-0.4, -0.2) is 39.6 Å². The van der Waals surface area contributed by atoms with Gasteiger partial charge in [-0.25, -0.2) is 4.98 Å². The van der Waals surface area contributed by atoms with Gasteiger partial charge in [-0.15, -0.1) is 0 Å². The molecule has 1 atom stereocenters. The summed E-state index contributed by atoms with van der Waals surface area (Å²) in [7, 11) is 0. The molecule has 0 bridgehead atoms. The van der Waals surface area contributed by atoms with Crippen molar-refractivity contribution in [3.8, 4) is 0 Å². The SMILES string of the molecule is CCO[C@@H]1CN(C(=O)c2ccc3ccccc3n2)Cc2cccn2C1. The van der Waals surface area contributed by atoms with Crippen molar-refractivity contribution in [2.45, 2.75) is 26.1 Å². The van der Waals surface area contributed by atoms with Crippen LogP contribution >= 0.6 is 0 Å². The van der Waals surface area contributed by atoms with Crippen LogP contribution in [-0.2, 0) is 17.8 Å². The normalized spacial score (nSPS) is 17.3. The average molecular weight is 335 g/mol. The van der Waals surface area contributed by atoms with E-state index < -0.39 is 0 Å². The summed E-state index contributed by atoms with van der Waals surface area (Å²) in [5.74, 6) is -0.0508. The molecule has 0 saturated heterocycles. The molecule has 0 aliphatic carbocycles. The Morgan fingerprint density at radius 2 is 2.04 bits per heavy atom. The van der Waals surface area contributed by atoms with E-state index in [0.717, 1.165) is 23.1 Å². The molecule has 1 aliphatic heterocycles. The fourth-order valence-corrected chi connectivity index (χ4v) is 3.40. The molecule has 0 fully saturated rings. The summed E-state index contributed by atoms with van der Waals surface area (Å²) in [5.41, 5.74) is 2.44. The van der Waals surface area contributed by atoms with Gasteiger partial charge in [0.1, 0.15) is 5.69 Å². The van der Waals surface area contributed by atoms with Crippen molar-refractivity contribution >= 4 is 16.8 Å². The number of rotatable bonds is 3. The highest BCUT2D eigenvalue weighted by molar-refractivity contribution is 5.94. The van der Waals surface area contributed by atoms with Crippen LogP contribution in [0.15, 0.2) is 54.7 Å². The van der Waals surface area contributed by atoms with E-state index in [0.29, 0.717) is 25.4 Å². The van der Waals surface area contributed by atoms with Crippen molar-refractivity contribution in [1.29, 1.82) is 0 Å². The topological polar surface area (TPSA) is 47.4 Å². The number of benzene rings is 1. The van der Waals surface area contributed by atoms with E-state index in [1.807, 2.05) is 60.5 Å². The lowest BCUT2D eigenvalue weighted by atomic mass is 10.2. The molecule has 5 heteroatoms. The summed E-state index contributed by atoms with van der Waals surface area (Å²) in [4.78, 5) is 19.5. The molecule has 5 nitrogen and oxygen atoms in total. The molecule has 25 heavy (non-hydrogen) atoms. The summed E-state index contributed by atoms with van der Waals surface area (Å²) in [5, 5.41) is 1.04. The van der Waals surface area contributed by atoms with Crippen LogP contribution in [0.2, 0.25) is 0 Å². The Kier molecular flexibility index (Phi) is 4.24. The van der Waals surface area contributed by atoms with Gasteiger partial charge in [0.25, 0.3) is 5.91 Å². The zero-order valence-electron chi connectivity index (χ0n) is 14.3. The van der Waals surface area contributed by atoms with Crippen LogP contribution in [0.1, 0.15) is 23.1 Å². The van der Waals surface area contributed by atoms with E-state index in [1.165, 1.54) is 0 Å². The van der Waals surface area contributed by atoms with Gasteiger partial charge in [-0.2, -0.15) is 0 Å². The number of hydrogen-bond donors (Lipinski definition) is 0. The van der Waals surface area contributed by atoms with Gasteiger partial charge in [0.2, 0.25) is 0 Å². The lowest BCUT2D eigenvalue weighted by Crippen LogP contribution is -2.37. The monoisotopic (exact) mass is 335 g/mol. The Bertz CT molecular complexity index is 903. The molecule has 0 radical (unpaired) electrons. The third kappa shape index (κ3) is 3.15. The highest BCUT2D eigenvalue weighted by Crippen LogP contribution is 2.19. The van der Waals surface area contributed by atoms with Crippen LogP contribution in [0, 0.1) is 0 Å². The Hall–Kier alpha value is -2.66. The first-order valence-electron chi connectivity index (χ1n) is 8.65. The zero-order valence-corrected chi connectivity index (χ0v) is 14.3. The molecular formula is C20H21N3O2. The maximum absolute atomic E-state index is 13.1. The number of aromatic nitrogens is 2. The summed E-state index contributed by atoms with van der Waals surface area (Å²) < 4.78 is 8.01. The molecule has 1 amide bonds. The minimum absolute atomic E-state index is 0.0111. The van der Waals surface area contributed by atoms with Crippen LogP contribution in [0.5, 0.6) is 0 Å². The fourth-order valence-electron chi connectivity index (χ4n) is 3.40. The van der Waals surface area contributed by atoms with Crippen molar-refractivity contribution < 1.29 is 9.53 Å². The minimum atomic E-state index is -0.0508. The fraction of sp³-hybridized carbons (Fsp3) is 0.300. The second-order valence-corrected chi connectivity index (χ2v) is 6.30. The van der Waals surface area contributed by atoms with Crippen molar-refractivity contribution in [2.75, 3.05) is 13.2 Å². The third-order valence-corrected chi connectivity index (χ3v) is 4.61. The maximum Gasteiger partial charge on any atom is 0.272 e. The van der Waals surface area contributed by atoms with E-state index in [2.05, 4.69) is 15.6 Å². The van der Waals surface area contributed by atoms with E-state index in [4.69, 9.17) is 4.74 Å². The Balaban J connectivity index is 1.65. The van der Waals surface area contributed by atoms with Gasteiger partial charge >= 0.3 is 0 Å². The zero-order chi connectivity index (χ0) is 17.2. The van der Waals surface area contributed by atoms with Crippen molar-refractivity contribution in [3.05, 3.63) is 66.1 Å². The number of fused-ring (bicyclic) bond motifs is 2. The molecule has 0 unspecified atom stereocenters. The molecule has 128 valence electrons. The molecule has 0 N–H and O–H groups in total. The first-order chi connectivity index (χ1) is 12.2.